The Morgan fingerprint density at radius 3 is 2.27 bits per heavy atom. The van der Waals surface area contributed by atoms with E-state index in [1.807, 2.05) is 0 Å². The van der Waals surface area contributed by atoms with Crippen molar-refractivity contribution in [1.29, 1.82) is 0 Å². The number of aryl methyl sites for hydroxylation is 1. The fourth-order valence-corrected chi connectivity index (χ4v) is 5.16. The van der Waals surface area contributed by atoms with Crippen LogP contribution in [-0.2, 0) is 17.1 Å². The van der Waals surface area contributed by atoms with Gasteiger partial charge in [-0.05, 0) is 42.0 Å². The number of benzene rings is 2. The van der Waals surface area contributed by atoms with Crippen LogP contribution in [0.4, 0.5) is 8.78 Å². The molecule has 9 heteroatoms. The average molecular weight is 433 g/mol. The largest absolute Gasteiger partial charge is 0.493 e. The molecule has 0 radical (unpaired) electrons. The van der Waals surface area contributed by atoms with E-state index in [0.717, 1.165) is 5.56 Å². The lowest BCUT2D eigenvalue weighted by molar-refractivity contribution is 0.244. The Morgan fingerprint density at radius 2 is 1.67 bits per heavy atom. The molecule has 2 heterocycles. The van der Waals surface area contributed by atoms with Gasteiger partial charge in [0, 0.05) is 38.2 Å². The predicted molar refractivity (Wildman–Crippen MR) is 106 cm³/mol. The van der Waals surface area contributed by atoms with Gasteiger partial charge in [0.05, 0.1) is 12.9 Å². The first kappa shape index (κ1) is 20.5. The van der Waals surface area contributed by atoms with Crippen molar-refractivity contribution in [2.24, 2.45) is 13.0 Å². The molecular formula is C21H21F2N3O3S. The number of ether oxygens (including phenoxy) is 1. The molecule has 0 spiro atoms. The summed E-state index contributed by atoms with van der Waals surface area (Å²) in [4.78, 5) is 3.99. The zero-order valence-electron chi connectivity index (χ0n) is 16.3. The first-order valence-electron chi connectivity index (χ1n) is 9.45. The van der Waals surface area contributed by atoms with E-state index in [0.29, 0.717) is 5.75 Å². The number of imidazole rings is 1. The van der Waals surface area contributed by atoms with Crippen LogP contribution in [0.25, 0.3) is 0 Å². The molecule has 2 atom stereocenters. The Balaban J connectivity index is 1.58. The molecular weight excluding hydrogens is 412 g/mol. The normalized spacial score (nSPS) is 19.8. The SMILES string of the molecule is Cn1cnc(S(=O)(=O)N2C[C@@H](COc3ccc(F)cc3)[C@H](c3ccc(F)cc3)C2)c1. The van der Waals surface area contributed by atoms with Gasteiger partial charge in [-0.2, -0.15) is 4.31 Å². The third-order valence-corrected chi connectivity index (χ3v) is 6.99. The zero-order chi connectivity index (χ0) is 21.3. The maximum atomic E-state index is 13.4. The van der Waals surface area contributed by atoms with Gasteiger partial charge in [0.15, 0.2) is 5.03 Å². The summed E-state index contributed by atoms with van der Waals surface area (Å²) in [6.07, 6.45) is 2.90. The van der Waals surface area contributed by atoms with Crippen LogP contribution >= 0.6 is 0 Å². The van der Waals surface area contributed by atoms with Crippen molar-refractivity contribution in [2.75, 3.05) is 19.7 Å². The van der Waals surface area contributed by atoms with Crippen LogP contribution in [0.2, 0.25) is 0 Å². The van der Waals surface area contributed by atoms with E-state index in [4.69, 9.17) is 4.74 Å². The van der Waals surface area contributed by atoms with Gasteiger partial charge < -0.3 is 9.30 Å². The second-order valence-corrected chi connectivity index (χ2v) is 9.27. The van der Waals surface area contributed by atoms with Crippen LogP contribution in [-0.4, -0.2) is 42.0 Å². The van der Waals surface area contributed by atoms with Crippen LogP contribution in [0, 0.1) is 17.6 Å². The van der Waals surface area contributed by atoms with Gasteiger partial charge in [-0.25, -0.2) is 22.2 Å². The maximum Gasteiger partial charge on any atom is 0.262 e. The van der Waals surface area contributed by atoms with Crippen LogP contribution in [0.1, 0.15) is 11.5 Å². The number of sulfonamides is 1. The molecule has 1 aliphatic rings. The van der Waals surface area contributed by atoms with E-state index < -0.39 is 10.0 Å². The number of nitrogens with zero attached hydrogens (tertiary/aromatic N) is 3. The number of rotatable bonds is 6. The monoisotopic (exact) mass is 433 g/mol. The second kappa shape index (κ2) is 8.16. The second-order valence-electron chi connectivity index (χ2n) is 7.38. The lowest BCUT2D eigenvalue weighted by atomic mass is 9.89. The first-order valence-corrected chi connectivity index (χ1v) is 10.9. The third-order valence-electron chi connectivity index (χ3n) is 5.27. The van der Waals surface area contributed by atoms with Crippen molar-refractivity contribution in [3.8, 4) is 5.75 Å². The van der Waals surface area contributed by atoms with E-state index in [1.165, 1.54) is 53.2 Å². The molecule has 3 aromatic rings. The minimum absolute atomic E-state index is 0.0111. The van der Waals surface area contributed by atoms with Gasteiger partial charge in [-0.3, -0.25) is 0 Å². The van der Waals surface area contributed by atoms with Gasteiger partial charge in [0.2, 0.25) is 0 Å². The Hall–Kier alpha value is -2.78. The number of halogens is 2. The van der Waals surface area contributed by atoms with Crippen LogP contribution < -0.4 is 4.74 Å². The summed E-state index contributed by atoms with van der Waals surface area (Å²) in [6.45, 7) is 0.714. The summed E-state index contributed by atoms with van der Waals surface area (Å²) in [6, 6.07) is 11.7. The van der Waals surface area contributed by atoms with Crippen LogP contribution in [0.5, 0.6) is 5.75 Å². The van der Waals surface area contributed by atoms with E-state index in [9.17, 15) is 17.2 Å². The Bertz CT molecular complexity index is 1120. The fourth-order valence-electron chi connectivity index (χ4n) is 3.67. The van der Waals surface area contributed by atoms with E-state index >= 15 is 0 Å². The minimum atomic E-state index is -3.77. The van der Waals surface area contributed by atoms with Crippen molar-refractivity contribution < 1.29 is 21.9 Å². The molecule has 1 aromatic heterocycles. The molecule has 2 aromatic carbocycles. The van der Waals surface area contributed by atoms with Crippen molar-refractivity contribution in [3.63, 3.8) is 0 Å². The summed E-state index contributed by atoms with van der Waals surface area (Å²) in [7, 11) is -2.06. The van der Waals surface area contributed by atoms with Crippen LogP contribution in [0.3, 0.4) is 0 Å². The molecule has 1 fully saturated rings. The molecule has 6 nitrogen and oxygen atoms in total. The van der Waals surface area contributed by atoms with Crippen molar-refractivity contribution in [2.45, 2.75) is 10.9 Å². The van der Waals surface area contributed by atoms with Gasteiger partial charge >= 0.3 is 0 Å². The Labute approximate surface area is 173 Å². The Kier molecular flexibility index (Phi) is 5.57. The number of aromatic nitrogens is 2. The predicted octanol–water partition coefficient (Wildman–Crippen LogP) is 3.18. The molecule has 0 saturated carbocycles. The quantitative estimate of drug-likeness (QED) is 0.599. The van der Waals surface area contributed by atoms with Gasteiger partial charge in [-0.15, -0.1) is 0 Å². The highest BCUT2D eigenvalue weighted by molar-refractivity contribution is 7.89. The summed E-state index contributed by atoms with van der Waals surface area (Å²) in [5.74, 6) is -0.558. The summed E-state index contributed by atoms with van der Waals surface area (Å²) in [5, 5.41) is -0.0111. The zero-order valence-corrected chi connectivity index (χ0v) is 17.1. The minimum Gasteiger partial charge on any atom is -0.493 e. The van der Waals surface area contributed by atoms with Gasteiger partial charge in [0.1, 0.15) is 17.4 Å². The van der Waals surface area contributed by atoms with Gasteiger partial charge in [0.25, 0.3) is 10.0 Å². The molecule has 1 aliphatic heterocycles. The van der Waals surface area contributed by atoms with E-state index in [-0.39, 0.29) is 48.2 Å². The molecule has 0 unspecified atom stereocenters. The molecule has 4 rings (SSSR count). The summed E-state index contributed by atoms with van der Waals surface area (Å²) in [5.41, 5.74) is 0.836. The lowest BCUT2D eigenvalue weighted by Gasteiger charge is -2.19. The first-order chi connectivity index (χ1) is 14.3. The molecule has 0 amide bonds. The highest BCUT2D eigenvalue weighted by Gasteiger charge is 2.41. The number of hydrogen-bond donors (Lipinski definition) is 0. The van der Waals surface area contributed by atoms with Crippen LogP contribution in [0.15, 0.2) is 66.1 Å². The standard InChI is InChI=1S/C21H21F2N3O3S/c1-25-12-21(24-14-25)30(27,28)26-10-16(13-29-19-8-6-18(23)7-9-19)20(11-26)15-2-4-17(22)5-3-15/h2-9,12,14,16,20H,10-11,13H2,1H3/t16-,20-/m0/s1. The molecule has 30 heavy (non-hydrogen) atoms. The average Bonchev–Trinajstić information content (AvgIpc) is 3.35. The highest BCUT2D eigenvalue weighted by atomic mass is 32.2. The topological polar surface area (TPSA) is 64.4 Å². The van der Waals surface area contributed by atoms with Gasteiger partial charge in [-0.1, -0.05) is 12.1 Å². The maximum absolute atomic E-state index is 13.4. The van der Waals surface area contributed by atoms with Crippen molar-refractivity contribution >= 4 is 10.0 Å². The smallest absolute Gasteiger partial charge is 0.262 e. The molecule has 158 valence electrons. The Morgan fingerprint density at radius 1 is 1.03 bits per heavy atom. The molecule has 1 saturated heterocycles. The molecule has 0 aliphatic carbocycles. The summed E-state index contributed by atoms with van der Waals surface area (Å²) < 4.78 is 61.4. The van der Waals surface area contributed by atoms with E-state index in [1.54, 1.807) is 23.7 Å². The lowest BCUT2D eigenvalue weighted by Crippen LogP contribution is -2.30. The highest BCUT2D eigenvalue weighted by Crippen LogP contribution is 2.36. The fraction of sp³-hybridized carbons (Fsp3) is 0.286. The van der Waals surface area contributed by atoms with Crippen molar-refractivity contribution in [1.82, 2.24) is 13.9 Å². The number of hydrogen-bond acceptors (Lipinski definition) is 4. The molecule has 0 N–H and O–H groups in total. The third kappa shape index (κ3) is 4.22. The molecule has 0 bridgehead atoms. The van der Waals surface area contributed by atoms with E-state index in [2.05, 4.69) is 4.98 Å². The van der Waals surface area contributed by atoms with Crippen molar-refractivity contribution in [3.05, 3.63) is 78.3 Å². The summed E-state index contributed by atoms with van der Waals surface area (Å²) >= 11 is 0.